The highest BCUT2D eigenvalue weighted by atomic mass is 35.5. The number of hydrogen-bond acceptors (Lipinski definition) is 4. The molecule has 5 heteroatoms. The van der Waals surface area contributed by atoms with Gasteiger partial charge in [-0.05, 0) is 68.7 Å². The molecule has 0 unspecified atom stereocenters. The number of nitrogens with zero attached hydrogens (tertiary/aromatic N) is 1. The maximum atomic E-state index is 11.6. The van der Waals surface area contributed by atoms with Gasteiger partial charge < -0.3 is 10.1 Å². The van der Waals surface area contributed by atoms with Gasteiger partial charge in [-0.3, -0.25) is 4.90 Å². The molecule has 2 rings (SSSR count). The summed E-state index contributed by atoms with van der Waals surface area (Å²) in [6.07, 6.45) is 2.42. The van der Waals surface area contributed by atoms with Crippen LogP contribution in [-0.4, -0.2) is 44.2 Å². The van der Waals surface area contributed by atoms with E-state index < -0.39 is 0 Å². The van der Waals surface area contributed by atoms with Crippen molar-refractivity contribution < 1.29 is 9.53 Å². The zero-order valence-electron chi connectivity index (χ0n) is 13.4. The van der Waals surface area contributed by atoms with E-state index in [2.05, 4.69) is 17.1 Å². The molecule has 1 aliphatic heterocycles. The average molecular weight is 325 g/mol. The van der Waals surface area contributed by atoms with Crippen LogP contribution in [0.25, 0.3) is 0 Å². The van der Waals surface area contributed by atoms with Crippen molar-refractivity contribution in [3.8, 4) is 0 Å². The van der Waals surface area contributed by atoms with Gasteiger partial charge in [-0.2, -0.15) is 0 Å². The Hall–Kier alpha value is -1.10. The quantitative estimate of drug-likeness (QED) is 0.817. The summed E-state index contributed by atoms with van der Waals surface area (Å²) < 4.78 is 4.77. The lowest BCUT2D eigenvalue weighted by atomic mass is 9.96. The van der Waals surface area contributed by atoms with Crippen LogP contribution in [0.5, 0.6) is 0 Å². The number of nitrogens with one attached hydrogen (secondary N) is 1. The predicted molar refractivity (Wildman–Crippen MR) is 89.3 cm³/mol. The number of ether oxygens (including phenoxy) is 1. The number of likely N-dealkylation sites (tertiary alicyclic amines) is 1. The number of benzene rings is 1. The maximum Gasteiger partial charge on any atom is 0.337 e. The van der Waals surface area contributed by atoms with Crippen molar-refractivity contribution in [2.75, 3.05) is 33.3 Å². The first-order valence-corrected chi connectivity index (χ1v) is 8.31. The molecule has 0 aliphatic carbocycles. The van der Waals surface area contributed by atoms with E-state index in [9.17, 15) is 4.79 Å². The molecule has 0 amide bonds. The van der Waals surface area contributed by atoms with E-state index >= 15 is 0 Å². The molecular formula is C17H25ClN2O2. The lowest BCUT2D eigenvalue weighted by Crippen LogP contribution is -2.36. The van der Waals surface area contributed by atoms with Crippen LogP contribution in [0.3, 0.4) is 0 Å². The summed E-state index contributed by atoms with van der Waals surface area (Å²) in [5.41, 5.74) is 1.55. The minimum absolute atomic E-state index is 0.317. The Bertz CT molecular complexity index is 499. The van der Waals surface area contributed by atoms with Gasteiger partial charge >= 0.3 is 5.97 Å². The summed E-state index contributed by atoms with van der Waals surface area (Å²) in [5, 5.41) is 4.14. The third kappa shape index (κ3) is 4.70. The van der Waals surface area contributed by atoms with Crippen LogP contribution in [0.2, 0.25) is 5.02 Å². The van der Waals surface area contributed by atoms with Crippen LogP contribution in [0, 0.1) is 5.92 Å². The van der Waals surface area contributed by atoms with Crippen molar-refractivity contribution in [3.63, 3.8) is 0 Å². The van der Waals surface area contributed by atoms with E-state index in [0.29, 0.717) is 10.6 Å². The Morgan fingerprint density at radius 2 is 2.14 bits per heavy atom. The van der Waals surface area contributed by atoms with Gasteiger partial charge in [-0.15, -0.1) is 0 Å². The van der Waals surface area contributed by atoms with Crippen LogP contribution < -0.4 is 5.32 Å². The highest BCUT2D eigenvalue weighted by molar-refractivity contribution is 6.31. The van der Waals surface area contributed by atoms with Crippen molar-refractivity contribution in [2.24, 2.45) is 5.92 Å². The van der Waals surface area contributed by atoms with Gasteiger partial charge in [0.2, 0.25) is 0 Å². The summed E-state index contributed by atoms with van der Waals surface area (Å²) in [5.74, 6) is 0.454. The lowest BCUT2D eigenvalue weighted by molar-refractivity contribution is 0.0600. The first-order valence-electron chi connectivity index (χ1n) is 7.93. The molecule has 1 fully saturated rings. The van der Waals surface area contributed by atoms with Gasteiger partial charge in [0.05, 0.1) is 12.7 Å². The van der Waals surface area contributed by atoms with Crippen molar-refractivity contribution in [3.05, 3.63) is 34.3 Å². The lowest BCUT2D eigenvalue weighted by Gasteiger charge is -2.32. The highest BCUT2D eigenvalue weighted by Gasteiger charge is 2.20. The number of carbonyl (C=O) groups is 1. The minimum Gasteiger partial charge on any atom is -0.465 e. The number of esters is 1. The molecule has 4 nitrogen and oxygen atoms in total. The molecule has 1 N–H and O–H groups in total. The molecular weight excluding hydrogens is 300 g/mol. The minimum atomic E-state index is -0.317. The van der Waals surface area contributed by atoms with E-state index in [1.165, 1.54) is 20.0 Å². The molecule has 0 bridgehead atoms. The second-order valence-corrected chi connectivity index (χ2v) is 6.23. The molecule has 1 saturated heterocycles. The van der Waals surface area contributed by atoms with Gasteiger partial charge in [0.25, 0.3) is 0 Å². The van der Waals surface area contributed by atoms with Gasteiger partial charge in [0.1, 0.15) is 0 Å². The van der Waals surface area contributed by atoms with E-state index in [1.807, 2.05) is 6.07 Å². The first kappa shape index (κ1) is 17.3. The van der Waals surface area contributed by atoms with Gasteiger partial charge in [0, 0.05) is 11.6 Å². The SMILES string of the molecule is CCNCC1CCN(Cc2cc(C(=O)OC)ccc2Cl)CC1. The number of methoxy groups -OCH3 is 1. The largest absolute Gasteiger partial charge is 0.465 e. The monoisotopic (exact) mass is 324 g/mol. The topological polar surface area (TPSA) is 41.6 Å². The van der Waals surface area contributed by atoms with Crippen molar-refractivity contribution in [1.82, 2.24) is 10.2 Å². The number of carbonyl (C=O) groups excluding carboxylic acids is 1. The average Bonchev–Trinajstić information content (AvgIpc) is 2.55. The zero-order chi connectivity index (χ0) is 15.9. The molecule has 22 heavy (non-hydrogen) atoms. The van der Waals surface area contributed by atoms with Gasteiger partial charge in [0.15, 0.2) is 0 Å². The molecule has 0 aromatic heterocycles. The Morgan fingerprint density at radius 1 is 1.41 bits per heavy atom. The molecule has 0 radical (unpaired) electrons. The Labute approximate surface area is 137 Å². The summed E-state index contributed by atoms with van der Waals surface area (Å²) in [4.78, 5) is 14.0. The predicted octanol–water partition coefficient (Wildman–Crippen LogP) is 2.95. The molecule has 1 aromatic carbocycles. The van der Waals surface area contributed by atoms with Crippen molar-refractivity contribution in [2.45, 2.75) is 26.3 Å². The van der Waals surface area contributed by atoms with E-state index in [0.717, 1.165) is 44.2 Å². The number of hydrogen-bond donors (Lipinski definition) is 1. The number of halogens is 1. The Balaban J connectivity index is 1.93. The normalized spacial score (nSPS) is 16.7. The van der Waals surface area contributed by atoms with Gasteiger partial charge in [-0.1, -0.05) is 18.5 Å². The number of rotatable bonds is 6. The summed E-state index contributed by atoms with van der Waals surface area (Å²) in [6.45, 7) is 7.24. The van der Waals surface area contributed by atoms with Crippen LogP contribution in [-0.2, 0) is 11.3 Å². The summed E-state index contributed by atoms with van der Waals surface area (Å²) >= 11 is 6.27. The highest BCUT2D eigenvalue weighted by Crippen LogP contribution is 2.23. The fourth-order valence-electron chi connectivity index (χ4n) is 2.88. The zero-order valence-corrected chi connectivity index (χ0v) is 14.2. The van der Waals surface area contributed by atoms with Crippen LogP contribution in [0.4, 0.5) is 0 Å². The second kappa shape index (κ2) is 8.51. The summed E-state index contributed by atoms with van der Waals surface area (Å²) in [7, 11) is 1.39. The molecule has 0 atom stereocenters. The van der Waals surface area contributed by atoms with Crippen molar-refractivity contribution in [1.29, 1.82) is 0 Å². The Morgan fingerprint density at radius 3 is 2.77 bits per heavy atom. The molecule has 0 saturated carbocycles. The van der Waals surface area contributed by atoms with E-state index in [-0.39, 0.29) is 5.97 Å². The van der Waals surface area contributed by atoms with Crippen LogP contribution >= 0.6 is 11.6 Å². The second-order valence-electron chi connectivity index (χ2n) is 5.82. The molecule has 122 valence electrons. The third-order valence-corrected chi connectivity index (χ3v) is 4.62. The maximum absolute atomic E-state index is 11.6. The Kier molecular flexibility index (Phi) is 6.68. The fourth-order valence-corrected chi connectivity index (χ4v) is 3.06. The number of piperidine rings is 1. The van der Waals surface area contributed by atoms with Crippen molar-refractivity contribution >= 4 is 17.6 Å². The standard InChI is InChI=1S/C17H25ClN2O2/c1-3-19-11-13-6-8-20(9-7-13)12-15-10-14(17(21)22-2)4-5-16(15)18/h4-5,10,13,19H,3,6-9,11-12H2,1-2H3. The molecule has 1 heterocycles. The molecule has 0 spiro atoms. The van der Waals surface area contributed by atoms with Crippen LogP contribution in [0.15, 0.2) is 18.2 Å². The summed E-state index contributed by atoms with van der Waals surface area (Å²) in [6, 6.07) is 5.33. The smallest absolute Gasteiger partial charge is 0.337 e. The molecule has 1 aliphatic rings. The first-order chi connectivity index (χ1) is 10.6. The van der Waals surface area contributed by atoms with Gasteiger partial charge in [-0.25, -0.2) is 4.79 Å². The van der Waals surface area contributed by atoms with E-state index in [4.69, 9.17) is 16.3 Å². The third-order valence-electron chi connectivity index (χ3n) is 4.25. The molecule has 1 aromatic rings. The fraction of sp³-hybridized carbons (Fsp3) is 0.588. The van der Waals surface area contributed by atoms with E-state index in [1.54, 1.807) is 12.1 Å². The van der Waals surface area contributed by atoms with Crippen LogP contribution in [0.1, 0.15) is 35.7 Å².